The van der Waals surface area contributed by atoms with E-state index in [4.69, 9.17) is 5.11 Å². The third kappa shape index (κ3) is 2.34. The van der Waals surface area contributed by atoms with Crippen molar-refractivity contribution in [1.82, 2.24) is 14.5 Å². The van der Waals surface area contributed by atoms with Crippen molar-refractivity contribution >= 4 is 17.0 Å². The third-order valence-electron chi connectivity index (χ3n) is 3.20. The number of carbonyl (C=O) groups is 1. The van der Waals surface area contributed by atoms with Crippen molar-refractivity contribution in [3.8, 4) is 0 Å². The smallest absolute Gasteiger partial charge is 0.303 e. The summed E-state index contributed by atoms with van der Waals surface area (Å²) in [6.07, 6.45) is 5.18. The Bertz CT molecular complexity index is 562. The van der Waals surface area contributed by atoms with Crippen LogP contribution in [0.1, 0.15) is 38.1 Å². The first-order chi connectivity index (χ1) is 8.63. The number of aliphatic carboxylic acids is 1. The molecule has 5 heteroatoms. The number of rotatable bonds is 5. The molecule has 1 atom stereocenters. The minimum atomic E-state index is -0.753. The highest BCUT2D eigenvalue weighted by Crippen LogP contribution is 2.25. The number of pyridine rings is 1. The van der Waals surface area contributed by atoms with Crippen LogP contribution in [-0.4, -0.2) is 25.6 Å². The van der Waals surface area contributed by atoms with E-state index in [2.05, 4.69) is 21.5 Å². The van der Waals surface area contributed by atoms with Crippen LogP contribution in [-0.2, 0) is 4.79 Å². The van der Waals surface area contributed by atoms with Gasteiger partial charge in [-0.05, 0) is 25.8 Å². The Morgan fingerprint density at radius 2 is 2.33 bits per heavy atom. The summed E-state index contributed by atoms with van der Waals surface area (Å²) in [7, 11) is 0. The van der Waals surface area contributed by atoms with Gasteiger partial charge in [0.2, 0.25) is 0 Å². The second-order valence-electron chi connectivity index (χ2n) is 4.39. The number of carboxylic acids is 1. The maximum absolute atomic E-state index is 10.7. The van der Waals surface area contributed by atoms with Gasteiger partial charge in [0.1, 0.15) is 11.3 Å². The SMILES string of the molecule is CCC(CCC(=O)O)n1c(C)nc2cnccc21. The summed E-state index contributed by atoms with van der Waals surface area (Å²) < 4.78 is 2.12. The van der Waals surface area contributed by atoms with Crippen molar-refractivity contribution in [1.29, 1.82) is 0 Å². The number of hydrogen-bond acceptors (Lipinski definition) is 3. The Balaban J connectivity index is 2.38. The first-order valence-corrected chi connectivity index (χ1v) is 6.13. The van der Waals surface area contributed by atoms with Crippen LogP contribution in [0.4, 0.5) is 0 Å². The summed E-state index contributed by atoms with van der Waals surface area (Å²) in [5.74, 6) is 0.160. The maximum Gasteiger partial charge on any atom is 0.303 e. The molecular weight excluding hydrogens is 230 g/mol. The predicted octanol–water partition coefficient (Wildman–Crippen LogP) is 2.56. The molecule has 2 heterocycles. The average Bonchev–Trinajstić information content (AvgIpc) is 2.67. The van der Waals surface area contributed by atoms with Crippen LogP contribution in [0.5, 0.6) is 0 Å². The van der Waals surface area contributed by atoms with Crippen molar-refractivity contribution in [3.05, 3.63) is 24.3 Å². The van der Waals surface area contributed by atoms with E-state index in [9.17, 15) is 4.79 Å². The minimum Gasteiger partial charge on any atom is -0.481 e. The molecule has 1 N–H and O–H groups in total. The van der Waals surface area contributed by atoms with E-state index >= 15 is 0 Å². The molecule has 0 fully saturated rings. The highest BCUT2D eigenvalue weighted by Gasteiger charge is 2.16. The normalized spacial score (nSPS) is 12.8. The Morgan fingerprint density at radius 3 is 3.00 bits per heavy atom. The average molecular weight is 247 g/mol. The molecule has 0 aliphatic rings. The Hall–Kier alpha value is -1.91. The third-order valence-corrected chi connectivity index (χ3v) is 3.20. The molecule has 2 aromatic heterocycles. The van der Waals surface area contributed by atoms with Gasteiger partial charge in [-0.3, -0.25) is 9.78 Å². The Morgan fingerprint density at radius 1 is 1.56 bits per heavy atom. The molecular formula is C13H17N3O2. The van der Waals surface area contributed by atoms with E-state index in [1.165, 1.54) is 0 Å². The number of aromatic nitrogens is 3. The monoisotopic (exact) mass is 247 g/mol. The summed E-state index contributed by atoms with van der Waals surface area (Å²) in [5, 5.41) is 8.80. The second-order valence-corrected chi connectivity index (χ2v) is 4.39. The number of imidazole rings is 1. The van der Waals surface area contributed by atoms with Gasteiger partial charge in [-0.15, -0.1) is 0 Å². The summed E-state index contributed by atoms with van der Waals surface area (Å²) in [4.78, 5) is 19.2. The molecule has 2 aromatic rings. The largest absolute Gasteiger partial charge is 0.481 e. The number of hydrogen-bond donors (Lipinski definition) is 1. The summed E-state index contributed by atoms with van der Waals surface area (Å²) in [5.41, 5.74) is 1.89. The number of carboxylic acid groups (broad SMARTS) is 1. The highest BCUT2D eigenvalue weighted by molar-refractivity contribution is 5.74. The standard InChI is InChI=1S/C13H17N3O2/c1-3-10(4-5-13(17)18)16-9(2)15-11-8-14-7-6-12(11)16/h6-8,10H,3-5H2,1-2H3,(H,17,18). The molecule has 0 radical (unpaired) electrons. The molecule has 0 aromatic carbocycles. The molecule has 0 amide bonds. The van der Waals surface area contributed by atoms with Gasteiger partial charge >= 0.3 is 5.97 Å². The summed E-state index contributed by atoms with van der Waals surface area (Å²) in [6.45, 7) is 4.02. The van der Waals surface area contributed by atoms with Crippen molar-refractivity contribution in [3.63, 3.8) is 0 Å². The maximum atomic E-state index is 10.7. The topological polar surface area (TPSA) is 68.0 Å². The molecule has 0 aliphatic carbocycles. The van der Waals surface area contributed by atoms with Gasteiger partial charge in [0.05, 0.1) is 11.7 Å². The second kappa shape index (κ2) is 5.16. The molecule has 0 spiro atoms. The van der Waals surface area contributed by atoms with Gasteiger partial charge in [0, 0.05) is 18.7 Å². The van der Waals surface area contributed by atoms with E-state index in [0.717, 1.165) is 23.3 Å². The van der Waals surface area contributed by atoms with Crippen molar-refractivity contribution in [2.75, 3.05) is 0 Å². The first-order valence-electron chi connectivity index (χ1n) is 6.13. The summed E-state index contributed by atoms with van der Waals surface area (Å²) in [6, 6.07) is 2.10. The lowest BCUT2D eigenvalue weighted by Gasteiger charge is -2.18. The molecule has 5 nitrogen and oxygen atoms in total. The number of aryl methyl sites for hydroxylation is 1. The van der Waals surface area contributed by atoms with E-state index in [1.807, 2.05) is 13.0 Å². The van der Waals surface area contributed by atoms with Crippen LogP contribution in [0.3, 0.4) is 0 Å². The van der Waals surface area contributed by atoms with Gasteiger partial charge in [0.15, 0.2) is 0 Å². The van der Waals surface area contributed by atoms with Crippen molar-refractivity contribution in [2.24, 2.45) is 0 Å². The van der Waals surface area contributed by atoms with E-state index in [-0.39, 0.29) is 12.5 Å². The van der Waals surface area contributed by atoms with Crippen LogP contribution < -0.4 is 0 Å². The zero-order valence-corrected chi connectivity index (χ0v) is 10.6. The van der Waals surface area contributed by atoms with Crippen LogP contribution >= 0.6 is 0 Å². The Labute approximate surface area is 105 Å². The van der Waals surface area contributed by atoms with Gasteiger partial charge in [0.25, 0.3) is 0 Å². The molecule has 2 rings (SSSR count). The zero-order chi connectivity index (χ0) is 13.1. The van der Waals surface area contributed by atoms with E-state index in [0.29, 0.717) is 6.42 Å². The predicted molar refractivity (Wildman–Crippen MR) is 68.5 cm³/mol. The quantitative estimate of drug-likeness (QED) is 0.881. The zero-order valence-electron chi connectivity index (χ0n) is 10.6. The fraction of sp³-hybridized carbons (Fsp3) is 0.462. The van der Waals surface area contributed by atoms with Crippen LogP contribution in [0.15, 0.2) is 18.5 Å². The van der Waals surface area contributed by atoms with Gasteiger partial charge in [-0.2, -0.15) is 0 Å². The van der Waals surface area contributed by atoms with E-state index in [1.54, 1.807) is 12.4 Å². The first kappa shape index (κ1) is 12.5. The lowest BCUT2D eigenvalue weighted by atomic mass is 10.1. The molecule has 0 saturated heterocycles. The van der Waals surface area contributed by atoms with Crippen LogP contribution in [0.25, 0.3) is 11.0 Å². The van der Waals surface area contributed by atoms with Crippen LogP contribution in [0.2, 0.25) is 0 Å². The molecule has 0 aliphatic heterocycles. The van der Waals surface area contributed by atoms with Gasteiger partial charge < -0.3 is 9.67 Å². The number of fused-ring (bicyclic) bond motifs is 1. The lowest BCUT2D eigenvalue weighted by molar-refractivity contribution is -0.137. The van der Waals surface area contributed by atoms with E-state index < -0.39 is 5.97 Å². The Kier molecular flexibility index (Phi) is 3.60. The summed E-state index contributed by atoms with van der Waals surface area (Å²) >= 11 is 0. The molecule has 1 unspecified atom stereocenters. The van der Waals surface area contributed by atoms with Gasteiger partial charge in [-0.25, -0.2) is 4.98 Å². The highest BCUT2D eigenvalue weighted by atomic mass is 16.4. The fourth-order valence-electron chi connectivity index (χ4n) is 2.34. The van der Waals surface area contributed by atoms with Gasteiger partial charge in [-0.1, -0.05) is 6.92 Å². The number of nitrogens with zero attached hydrogens (tertiary/aromatic N) is 3. The molecule has 96 valence electrons. The van der Waals surface area contributed by atoms with Crippen molar-refractivity contribution in [2.45, 2.75) is 39.2 Å². The van der Waals surface area contributed by atoms with Crippen LogP contribution in [0, 0.1) is 6.92 Å². The lowest BCUT2D eigenvalue weighted by Crippen LogP contribution is -2.11. The van der Waals surface area contributed by atoms with Crippen molar-refractivity contribution < 1.29 is 9.90 Å². The molecule has 0 bridgehead atoms. The minimum absolute atomic E-state index is 0.175. The molecule has 18 heavy (non-hydrogen) atoms. The fourth-order valence-corrected chi connectivity index (χ4v) is 2.34. The molecule has 0 saturated carbocycles.